The van der Waals surface area contributed by atoms with Crippen LogP contribution in [-0.2, 0) is 13.6 Å². The molecule has 0 rings (SSSR count). The second-order valence-electron chi connectivity index (χ2n) is 2.16. The molecule has 0 saturated heterocycles. The molecule has 0 radical (unpaired) electrons. The summed E-state index contributed by atoms with van der Waals surface area (Å²) in [5.41, 5.74) is 0. The Morgan fingerprint density at radius 3 is 2.08 bits per heavy atom. The van der Waals surface area contributed by atoms with Gasteiger partial charge in [-0.15, -0.1) is 0 Å². The molecule has 12 heavy (non-hydrogen) atoms. The van der Waals surface area contributed by atoms with Crippen molar-refractivity contribution >= 4 is 19.4 Å². The van der Waals surface area contributed by atoms with E-state index < -0.39 is 7.60 Å². The summed E-state index contributed by atoms with van der Waals surface area (Å²) in [5.74, 6) is 0.817. The molecule has 5 heteroatoms. The molecule has 0 unspecified atom stereocenters. The first-order chi connectivity index (χ1) is 5.68. The van der Waals surface area contributed by atoms with Crippen LogP contribution in [0, 0.1) is 0 Å². The van der Waals surface area contributed by atoms with Gasteiger partial charge in [-0.3, -0.25) is 4.57 Å². The van der Waals surface area contributed by atoms with E-state index in [1.165, 1.54) is 0 Å². The summed E-state index contributed by atoms with van der Waals surface area (Å²) in [7, 11) is -2.76. The number of hydrogen-bond acceptors (Lipinski definition) is 4. The molecule has 0 heterocycles. The summed E-state index contributed by atoms with van der Waals surface area (Å²) in [6.45, 7) is 4.55. The van der Waals surface area contributed by atoms with Crippen LogP contribution in [0.15, 0.2) is 0 Å². The van der Waals surface area contributed by atoms with Crippen LogP contribution < -0.4 is 0 Å². The average molecular weight is 212 g/mol. The fraction of sp³-hybridized carbons (Fsp3) is 1.00. The van der Waals surface area contributed by atoms with Gasteiger partial charge in [0.15, 0.2) is 0 Å². The van der Waals surface area contributed by atoms with Gasteiger partial charge in [0, 0.05) is 5.75 Å². The molecule has 0 bridgehead atoms. The molecule has 0 aromatic heterocycles. The summed E-state index contributed by atoms with van der Waals surface area (Å²) >= 11 is 1.65. The minimum absolute atomic E-state index is 0.450. The smallest absolute Gasteiger partial charge is 0.309 e. The largest absolute Gasteiger partial charge is 0.331 e. The van der Waals surface area contributed by atoms with E-state index in [0.29, 0.717) is 19.4 Å². The van der Waals surface area contributed by atoms with Gasteiger partial charge in [0.05, 0.1) is 19.4 Å². The highest BCUT2D eigenvalue weighted by Gasteiger charge is 2.21. The first-order valence-electron chi connectivity index (χ1n) is 4.05. The first kappa shape index (κ1) is 12.5. The van der Waals surface area contributed by atoms with Gasteiger partial charge in [-0.25, -0.2) is 0 Å². The predicted octanol–water partition coefficient (Wildman–Crippen LogP) is 2.62. The molecule has 0 spiro atoms. The van der Waals surface area contributed by atoms with Gasteiger partial charge in [0.2, 0.25) is 0 Å². The molecule has 0 aliphatic carbocycles. The van der Waals surface area contributed by atoms with E-state index in [0.717, 1.165) is 5.75 Å². The molecule has 0 amide bonds. The highest BCUT2D eigenvalue weighted by Crippen LogP contribution is 2.47. The van der Waals surface area contributed by atoms with Crippen molar-refractivity contribution in [1.82, 2.24) is 0 Å². The molecule has 0 aliphatic heterocycles. The molecule has 0 saturated carbocycles. The third-order valence-corrected chi connectivity index (χ3v) is 4.21. The fourth-order valence-corrected chi connectivity index (χ4v) is 3.51. The van der Waals surface area contributed by atoms with Gasteiger partial charge in [0.1, 0.15) is 0 Å². The van der Waals surface area contributed by atoms with Crippen LogP contribution in [0.3, 0.4) is 0 Å². The Hall–Kier alpha value is 0.500. The van der Waals surface area contributed by atoms with Crippen molar-refractivity contribution in [2.45, 2.75) is 13.8 Å². The zero-order chi connectivity index (χ0) is 9.45. The number of thioether (sulfide) groups is 1. The molecule has 0 N–H and O–H groups in total. The van der Waals surface area contributed by atoms with E-state index in [1.807, 2.05) is 20.1 Å². The monoisotopic (exact) mass is 212 g/mol. The molecule has 0 fully saturated rings. The number of rotatable bonds is 7. The summed E-state index contributed by atoms with van der Waals surface area (Å²) in [5, 5.41) is 0. The minimum Gasteiger partial charge on any atom is -0.309 e. The maximum atomic E-state index is 11.7. The zero-order valence-corrected chi connectivity index (χ0v) is 9.62. The molecule has 0 aliphatic rings. The molecule has 0 aromatic carbocycles. The molecule has 3 nitrogen and oxygen atoms in total. The summed E-state index contributed by atoms with van der Waals surface area (Å²) in [6.07, 6.45) is 2.48. The van der Waals surface area contributed by atoms with Crippen LogP contribution in [0.2, 0.25) is 0 Å². The van der Waals surface area contributed by atoms with Gasteiger partial charge >= 0.3 is 7.60 Å². The third kappa shape index (κ3) is 5.20. The molecular formula is C7H17O3PS. The third-order valence-electron chi connectivity index (χ3n) is 1.22. The highest BCUT2D eigenvalue weighted by atomic mass is 32.2. The summed E-state index contributed by atoms with van der Waals surface area (Å²) < 4.78 is 21.9. The van der Waals surface area contributed by atoms with Gasteiger partial charge in [-0.2, -0.15) is 11.8 Å². The Morgan fingerprint density at radius 2 is 1.75 bits per heavy atom. The Morgan fingerprint density at radius 1 is 1.25 bits per heavy atom. The lowest BCUT2D eigenvalue weighted by Crippen LogP contribution is -2.01. The normalized spacial score (nSPS) is 11.9. The van der Waals surface area contributed by atoms with Gasteiger partial charge in [-0.05, 0) is 20.1 Å². The summed E-state index contributed by atoms with van der Waals surface area (Å²) in [6, 6.07) is 0. The van der Waals surface area contributed by atoms with Crippen molar-refractivity contribution in [3.05, 3.63) is 0 Å². The predicted molar refractivity (Wildman–Crippen MR) is 54.1 cm³/mol. The van der Waals surface area contributed by atoms with Crippen LogP contribution >= 0.6 is 19.4 Å². The Labute approximate surface area is 78.7 Å². The van der Waals surface area contributed by atoms with Crippen molar-refractivity contribution in [2.24, 2.45) is 0 Å². The van der Waals surface area contributed by atoms with Gasteiger partial charge < -0.3 is 9.05 Å². The van der Waals surface area contributed by atoms with Crippen molar-refractivity contribution < 1.29 is 13.6 Å². The quantitative estimate of drug-likeness (QED) is 0.608. The number of hydrogen-bond donors (Lipinski definition) is 0. The standard InChI is InChI=1S/C7H17O3PS/c1-4-9-11(8,10-5-2)6-7-12-3/h4-7H2,1-3H3. The van der Waals surface area contributed by atoms with E-state index in [1.54, 1.807) is 11.8 Å². The molecular weight excluding hydrogens is 195 g/mol. The Kier molecular flexibility index (Phi) is 7.25. The van der Waals surface area contributed by atoms with Crippen LogP contribution in [0.1, 0.15) is 13.8 Å². The molecule has 0 aromatic rings. The summed E-state index contributed by atoms with van der Waals surface area (Å²) in [4.78, 5) is 0. The molecule has 0 atom stereocenters. The van der Waals surface area contributed by atoms with Crippen molar-refractivity contribution in [3.8, 4) is 0 Å². The van der Waals surface area contributed by atoms with Crippen molar-refractivity contribution in [1.29, 1.82) is 0 Å². The van der Waals surface area contributed by atoms with E-state index in [2.05, 4.69) is 0 Å². The Bertz CT molecular complexity index is 142. The van der Waals surface area contributed by atoms with Crippen molar-refractivity contribution in [2.75, 3.05) is 31.4 Å². The second kappa shape index (κ2) is 6.96. The fourth-order valence-electron chi connectivity index (χ4n) is 0.763. The molecule has 74 valence electrons. The maximum Gasteiger partial charge on any atom is 0.331 e. The average Bonchev–Trinajstić information content (AvgIpc) is 2.02. The van der Waals surface area contributed by atoms with Gasteiger partial charge in [0.25, 0.3) is 0 Å². The van der Waals surface area contributed by atoms with E-state index in [-0.39, 0.29) is 0 Å². The lowest BCUT2D eigenvalue weighted by atomic mass is 10.9. The first-order valence-corrected chi connectivity index (χ1v) is 7.17. The van der Waals surface area contributed by atoms with Crippen LogP contribution in [-0.4, -0.2) is 31.4 Å². The highest BCUT2D eigenvalue weighted by molar-refractivity contribution is 7.98. The van der Waals surface area contributed by atoms with Crippen LogP contribution in [0.25, 0.3) is 0 Å². The maximum absolute atomic E-state index is 11.7. The van der Waals surface area contributed by atoms with E-state index >= 15 is 0 Å². The van der Waals surface area contributed by atoms with Crippen molar-refractivity contribution in [3.63, 3.8) is 0 Å². The lowest BCUT2D eigenvalue weighted by Gasteiger charge is -2.15. The van der Waals surface area contributed by atoms with Gasteiger partial charge in [-0.1, -0.05) is 0 Å². The van der Waals surface area contributed by atoms with E-state index in [9.17, 15) is 4.57 Å². The zero-order valence-electron chi connectivity index (χ0n) is 7.91. The topological polar surface area (TPSA) is 35.5 Å². The lowest BCUT2D eigenvalue weighted by molar-refractivity contribution is 0.221. The van der Waals surface area contributed by atoms with Crippen LogP contribution in [0.4, 0.5) is 0 Å². The second-order valence-corrected chi connectivity index (χ2v) is 5.33. The Balaban J connectivity index is 3.90. The van der Waals surface area contributed by atoms with E-state index in [4.69, 9.17) is 9.05 Å². The van der Waals surface area contributed by atoms with Crippen LogP contribution in [0.5, 0.6) is 0 Å². The minimum atomic E-state index is -2.76. The SMILES string of the molecule is CCOP(=O)(CCSC)OCC.